The third kappa shape index (κ3) is 11.6. The number of carbonyl (C=O) groups excluding carboxylic acids is 4. The molecular weight excluding hydrogens is 566 g/mol. The highest BCUT2D eigenvalue weighted by Gasteiger charge is 2.35. The van der Waals surface area contributed by atoms with E-state index in [1.54, 1.807) is 0 Å². The van der Waals surface area contributed by atoms with Gasteiger partial charge in [-0.25, -0.2) is 0 Å². The van der Waals surface area contributed by atoms with Crippen molar-refractivity contribution in [3.63, 3.8) is 0 Å². The summed E-state index contributed by atoms with van der Waals surface area (Å²) < 4.78 is 22.9. The van der Waals surface area contributed by atoms with Crippen molar-refractivity contribution in [1.29, 1.82) is 4.78 Å². The van der Waals surface area contributed by atoms with Crippen LogP contribution < -0.4 is 21.3 Å². The highest BCUT2D eigenvalue weighted by molar-refractivity contribution is 7.98. The zero-order valence-corrected chi connectivity index (χ0v) is 26.8. The monoisotopic (exact) mass is 613 g/mol. The van der Waals surface area contributed by atoms with E-state index in [4.69, 9.17) is 4.78 Å². The van der Waals surface area contributed by atoms with Crippen LogP contribution in [0.4, 0.5) is 0 Å². The Bertz CT molecular complexity index is 1160. The van der Waals surface area contributed by atoms with Gasteiger partial charge >= 0.3 is 0 Å². The Morgan fingerprint density at radius 1 is 0.651 bits per heavy atom. The van der Waals surface area contributed by atoms with Crippen LogP contribution in [0.25, 0.3) is 0 Å². The molecule has 236 valence electrons. The Morgan fingerprint density at radius 2 is 0.977 bits per heavy atom. The van der Waals surface area contributed by atoms with E-state index in [-0.39, 0.29) is 48.0 Å². The number of hydrogen-bond acceptors (Lipinski definition) is 6. The Labute approximate surface area is 256 Å². The molecule has 0 saturated carbocycles. The zero-order chi connectivity index (χ0) is 32.2. The average molecular weight is 614 g/mol. The average Bonchev–Trinajstić information content (AvgIpc) is 2.97. The molecule has 0 fully saturated rings. The fourth-order valence-electron chi connectivity index (χ4n) is 4.89. The first-order valence-electron chi connectivity index (χ1n) is 14.6. The van der Waals surface area contributed by atoms with E-state index in [0.717, 1.165) is 11.1 Å². The van der Waals surface area contributed by atoms with Gasteiger partial charge in [0.25, 0.3) is 0 Å². The maximum atomic E-state index is 14.0. The molecule has 0 radical (unpaired) electrons. The molecule has 0 spiro atoms. The van der Waals surface area contributed by atoms with Crippen molar-refractivity contribution in [3.8, 4) is 0 Å². The number of nitrogens with one attached hydrogen (secondary N) is 5. The van der Waals surface area contributed by atoms with Crippen LogP contribution in [0.2, 0.25) is 0 Å². The van der Waals surface area contributed by atoms with E-state index in [2.05, 4.69) is 21.3 Å². The summed E-state index contributed by atoms with van der Waals surface area (Å²) in [5.74, 6) is -4.40. The number of benzene rings is 2. The molecule has 0 aromatic heterocycles. The van der Waals surface area contributed by atoms with Crippen molar-refractivity contribution in [1.82, 2.24) is 21.3 Å². The quantitative estimate of drug-likeness (QED) is 0.184. The summed E-state index contributed by atoms with van der Waals surface area (Å²) >= 11 is 0. The van der Waals surface area contributed by atoms with Gasteiger partial charge in [0, 0.05) is 14.1 Å². The van der Waals surface area contributed by atoms with Crippen molar-refractivity contribution < 1.29 is 23.7 Å². The smallest absolute Gasteiger partial charge is 0.242 e. The second kappa shape index (κ2) is 16.9. The molecule has 11 heteroatoms. The van der Waals surface area contributed by atoms with Crippen molar-refractivity contribution in [3.05, 3.63) is 71.8 Å². The van der Waals surface area contributed by atoms with Crippen LogP contribution in [0.15, 0.2) is 60.7 Å². The maximum absolute atomic E-state index is 14.0. The molecule has 5 N–H and O–H groups in total. The lowest BCUT2D eigenvalue weighted by molar-refractivity contribution is -0.131. The summed E-state index contributed by atoms with van der Waals surface area (Å²) in [6.45, 7) is 7.26. The van der Waals surface area contributed by atoms with Gasteiger partial charge in [0.2, 0.25) is 23.6 Å². The molecule has 2 aromatic carbocycles. The minimum absolute atomic E-state index is 0.199. The van der Waals surface area contributed by atoms with Crippen LogP contribution in [0.1, 0.15) is 38.8 Å². The highest BCUT2D eigenvalue weighted by atomic mass is 32.3. The van der Waals surface area contributed by atoms with Crippen LogP contribution in [0, 0.1) is 28.5 Å². The fraction of sp³-hybridized carbons (Fsp3) is 0.500. The van der Waals surface area contributed by atoms with Crippen LogP contribution >= 0.6 is 0 Å². The standard InChI is InChI=1S/C32H47N5O5S/c1-21(2)27(31(40)34-5)36-29(38)25(17-23-13-9-7-10-14-23)19-43(33,42)20-26(18-24-15-11-8-12-16-24)30(39)37-28(22(3)4)32(41)35-6/h7-16,21-22,25-28H,17-20H2,1-6H3,(H5-,33,34,35,36,37,38,39,40,41,42)/t25-,26-,27+,28+/m0/s1. The zero-order valence-electron chi connectivity index (χ0n) is 26.0. The third-order valence-electron chi connectivity index (χ3n) is 7.32. The Hall–Kier alpha value is -3.57. The molecule has 4 amide bonds. The second-order valence-corrected chi connectivity index (χ2v) is 13.9. The van der Waals surface area contributed by atoms with Crippen LogP contribution in [-0.2, 0) is 42.1 Å². The lowest BCUT2D eigenvalue weighted by atomic mass is 9.97. The first kappa shape index (κ1) is 35.6. The van der Waals surface area contributed by atoms with E-state index in [0.29, 0.717) is 0 Å². The van der Waals surface area contributed by atoms with E-state index >= 15 is 0 Å². The summed E-state index contributed by atoms with van der Waals surface area (Å²) in [6, 6.07) is 16.8. The molecule has 4 atom stereocenters. The molecule has 0 heterocycles. The number of carbonyl (C=O) groups is 4. The largest absolute Gasteiger partial charge is 0.631 e. The van der Waals surface area contributed by atoms with Crippen LogP contribution in [-0.4, -0.2) is 65.9 Å². The van der Waals surface area contributed by atoms with Gasteiger partial charge in [-0.1, -0.05) is 98.5 Å². The number of amides is 4. The van der Waals surface area contributed by atoms with Crippen molar-refractivity contribution in [2.75, 3.05) is 25.6 Å². The summed E-state index contributed by atoms with van der Waals surface area (Å²) in [4.78, 5) is 52.1. The van der Waals surface area contributed by atoms with Gasteiger partial charge in [-0.05, 0) is 35.8 Å². The second-order valence-electron chi connectivity index (χ2n) is 11.6. The lowest BCUT2D eigenvalue weighted by Crippen LogP contribution is -2.53. The van der Waals surface area contributed by atoms with Crippen LogP contribution in [0.5, 0.6) is 0 Å². The van der Waals surface area contributed by atoms with Gasteiger partial charge in [-0.2, -0.15) is 4.78 Å². The molecule has 10 nitrogen and oxygen atoms in total. The number of rotatable bonds is 16. The molecule has 43 heavy (non-hydrogen) atoms. The Kier molecular flexibility index (Phi) is 14.0. The lowest BCUT2D eigenvalue weighted by Gasteiger charge is -2.30. The SMILES string of the molecule is CNC(=O)[C@H](NC(=O)[C@@H](Cc1ccccc1)C[S+](=N)([O-])C[C@H](Cc1ccccc1)C(=O)N[C@@H](C(=O)NC)C(C)C)C(C)C. The van der Waals surface area contributed by atoms with Gasteiger partial charge in [0.15, 0.2) is 0 Å². The van der Waals surface area contributed by atoms with Gasteiger partial charge in [-0.15, -0.1) is 0 Å². The molecular formula is C32H47N5O5S. The van der Waals surface area contributed by atoms with Crippen molar-refractivity contribution in [2.45, 2.75) is 52.6 Å². The predicted octanol–water partition coefficient (Wildman–Crippen LogP) is 2.52. The van der Waals surface area contributed by atoms with Crippen molar-refractivity contribution in [2.24, 2.45) is 23.7 Å². The normalized spacial score (nSPS) is 14.3. The highest BCUT2D eigenvalue weighted by Crippen LogP contribution is 2.21. The molecule has 0 bridgehead atoms. The minimum Gasteiger partial charge on any atom is -0.631 e. The fourth-order valence-corrected chi connectivity index (χ4v) is 6.87. The van der Waals surface area contributed by atoms with E-state index in [1.807, 2.05) is 88.4 Å². The molecule has 0 aliphatic rings. The molecule has 0 aliphatic heterocycles. The predicted molar refractivity (Wildman–Crippen MR) is 170 cm³/mol. The topological polar surface area (TPSA) is 163 Å². The van der Waals surface area contributed by atoms with Gasteiger partial charge < -0.3 is 25.8 Å². The van der Waals surface area contributed by atoms with E-state index < -0.39 is 45.8 Å². The molecule has 2 aromatic rings. The number of likely N-dealkylation sites (N-methyl/N-ethyl adjacent to an activating group) is 2. The molecule has 0 unspecified atom stereocenters. The summed E-state index contributed by atoms with van der Waals surface area (Å²) in [5.41, 5.74) is 1.64. The maximum Gasteiger partial charge on any atom is 0.242 e. The molecule has 0 aliphatic carbocycles. The summed E-state index contributed by atoms with van der Waals surface area (Å²) in [5, 5.41) is 10.7. The Balaban J connectivity index is 2.37. The van der Waals surface area contributed by atoms with Crippen molar-refractivity contribution >= 4 is 33.7 Å². The first-order valence-corrected chi connectivity index (χ1v) is 16.5. The van der Waals surface area contributed by atoms with Gasteiger partial charge in [-0.3, -0.25) is 19.2 Å². The third-order valence-corrected chi connectivity index (χ3v) is 9.20. The Morgan fingerprint density at radius 3 is 1.26 bits per heavy atom. The van der Waals surface area contributed by atoms with Gasteiger partial charge in [0.1, 0.15) is 23.6 Å². The minimum atomic E-state index is -3.50. The first-order chi connectivity index (χ1) is 20.3. The van der Waals surface area contributed by atoms with Crippen LogP contribution in [0.3, 0.4) is 0 Å². The van der Waals surface area contributed by atoms with Gasteiger partial charge in [0.05, 0.1) is 11.8 Å². The summed E-state index contributed by atoms with van der Waals surface area (Å²) in [6.07, 6.45) is 0.422. The summed E-state index contributed by atoms with van der Waals surface area (Å²) in [7, 11) is -0.509. The molecule has 2 rings (SSSR count). The molecule has 0 saturated heterocycles. The van der Waals surface area contributed by atoms with E-state index in [1.165, 1.54) is 14.1 Å². The number of hydrogen-bond donors (Lipinski definition) is 5. The van der Waals surface area contributed by atoms with E-state index in [9.17, 15) is 23.7 Å².